The lowest BCUT2D eigenvalue weighted by Gasteiger charge is -2.47. The zero-order valence-electron chi connectivity index (χ0n) is 17.5. The van der Waals surface area contributed by atoms with Gasteiger partial charge in [0.25, 0.3) is 0 Å². The minimum Gasteiger partial charge on any atom is -0.404 e. The third-order valence-electron chi connectivity index (χ3n) is 6.16. The molecule has 0 unspecified atom stereocenters. The first-order chi connectivity index (χ1) is 15.1. The maximum absolute atomic E-state index is 6.06. The average Bonchev–Trinajstić information content (AvgIpc) is 3.47. The fourth-order valence-electron chi connectivity index (χ4n) is 4.19. The molecule has 2 aromatic heterocycles. The summed E-state index contributed by atoms with van der Waals surface area (Å²) < 4.78 is 1.80. The molecule has 3 heterocycles. The van der Waals surface area contributed by atoms with Gasteiger partial charge in [-0.2, -0.15) is 5.10 Å². The number of fused-ring (bicyclic) bond motifs is 1. The third kappa shape index (κ3) is 3.92. The van der Waals surface area contributed by atoms with E-state index in [9.17, 15) is 0 Å². The van der Waals surface area contributed by atoms with Crippen LogP contribution in [0.4, 0.5) is 5.69 Å². The average molecular weight is 417 g/mol. The van der Waals surface area contributed by atoms with E-state index in [0.29, 0.717) is 12.2 Å². The molecule has 2 aliphatic rings. The van der Waals surface area contributed by atoms with Crippen LogP contribution in [0.3, 0.4) is 0 Å². The number of likely N-dealkylation sites (tertiary alicyclic amines) is 1. The van der Waals surface area contributed by atoms with E-state index in [2.05, 4.69) is 15.0 Å². The minimum atomic E-state index is -0.214. The molecule has 1 saturated carbocycles. The summed E-state index contributed by atoms with van der Waals surface area (Å²) in [6.45, 7) is 3.53. The number of nitrogens with zero attached hydrogens (tertiary/aromatic N) is 5. The highest BCUT2D eigenvalue weighted by molar-refractivity contribution is 6.10. The van der Waals surface area contributed by atoms with Crippen molar-refractivity contribution >= 4 is 23.1 Å². The number of hydrogen-bond acceptors (Lipinski definition) is 7. The molecule has 0 spiro atoms. The highest BCUT2D eigenvalue weighted by Gasteiger charge is 2.43. The van der Waals surface area contributed by atoms with Crippen LogP contribution < -0.4 is 17.2 Å². The van der Waals surface area contributed by atoms with Gasteiger partial charge in [0.2, 0.25) is 0 Å². The number of imidazole rings is 1. The predicted octanol–water partition coefficient (Wildman–Crippen LogP) is 1.77. The first kappa shape index (κ1) is 19.7. The van der Waals surface area contributed by atoms with E-state index in [1.807, 2.05) is 36.5 Å². The van der Waals surface area contributed by atoms with Gasteiger partial charge in [-0.15, -0.1) is 0 Å². The molecule has 160 valence electrons. The van der Waals surface area contributed by atoms with Crippen LogP contribution in [-0.2, 0) is 0 Å². The normalized spacial score (nSPS) is 19.2. The van der Waals surface area contributed by atoms with Crippen LogP contribution in [0.2, 0.25) is 0 Å². The summed E-state index contributed by atoms with van der Waals surface area (Å²) in [6, 6.07) is 9.64. The van der Waals surface area contributed by atoms with Crippen molar-refractivity contribution in [3.63, 3.8) is 0 Å². The number of anilines is 1. The molecule has 6 N–H and O–H groups in total. The van der Waals surface area contributed by atoms with E-state index in [-0.39, 0.29) is 5.54 Å². The maximum Gasteiger partial charge on any atom is 0.154 e. The Balaban J connectivity index is 1.36. The summed E-state index contributed by atoms with van der Waals surface area (Å²) in [5, 5.41) is 4.59. The van der Waals surface area contributed by atoms with Gasteiger partial charge >= 0.3 is 0 Å². The molecular formula is C23H28N8. The number of allylic oxidation sites excluding steroid dienone is 1. The van der Waals surface area contributed by atoms with Crippen molar-refractivity contribution in [3.05, 3.63) is 54.5 Å². The van der Waals surface area contributed by atoms with Crippen LogP contribution in [0.25, 0.3) is 22.5 Å². The van der Waals surface area contributed by atoms with E-state index in [4.69, 9.17) is 22.2 Å². The van der Waals surface area contributed by atoms with Crippen LogP contribution in [0, 0.1) is 5.92 Å². The predicted molar refractivity (Wildman–Crippen MR) is 124 cm³/mol. The van der Waals surface area contributed by atoms with Gasteiger partial charge in [-0.25, -0.2) is 9.50 Å². The molecule has 1 aliphatic carbocycles. The molecule has 0 atom stereocenters. The van der Waals surface area contributed by atoms with E-state index in [1.165, 1.54) is 19.4 Å². The van der Waals surface area contributed by atoms with Crippen molar-refractivity contribution in [1.29, 1.82) is 0 Å². The molecule has 1 aromatic carbocycles. The third-order valence-corrected chi connectivity index (χ3v) is 6.16. The van der Waals surface area contributed by atoms with Gasteiger partial charge in [0.05, 0.1) is 23.6 Å². The van der Waals surface area contributed by atoms with Gasteiger partial charge in [0.15, 0.2) is 5.65 Å². The molecule has 0 amide bonds. The second kappa shape index (κ2) is 7.79. The second-order valence-electron chi connectivity index (χ2n) is 8.70. The molecule has 8 nitrogen and oxygen atoms in total. The van der Waals surface area contributed by atoms with Crippen LogP contribution in [0.5, 0.6) is 0 Å². The van der Waals surface area contributed by atoms with Gasteiger partial charge in [0.1, 0.15) is 0 Å². The van der Waals surface area contributed by atoms with Gasteiger partial charge in [-0.05, 0) is 37.0 Å². The number of aromatic nitrogens is 3. The summed E-state index contributed by atoms with van der Waals surface area (Å²) >= 11 is 0. The summed E-state index contributed by atoms with van der Waals surface area (Å²) in [7, 11) is 0. The van der Waals surface area contributed by atoms with Gasteiger partial charge in [-0.1, -0.05) is 12.1 Å². The zero-order valence-corrected chi connectivity index (χ0v) is 17.5. The lowest BCUT2D eigenvalue weighted by atomic mass is 9.90. The Hall–Kier alpha value is -3.23. The number of benzene rings is 1. The van der Waals surface area contributed by atoms with Crippen molar-refractivity contribution in [3.8, 4) is 11.3 Å². The molecule has 1 aliphatic heterocycles. The minimum absolute atomic E-state index is 0.214. The van der Waals surface area contributed by atoms with E-state index >= 15 is 0 Å². The van der Waals surface area contributed by atoms with Gasteiger partial charge < -0.3 is 17.2 Å². The standard InChI is InChI=1S/C23H28N8/c24-8-19(9-28-23(13-25)14-30(15-23)12-16-4-5-16)18-7-22-27-11-21(31(22)29-10-18)17-2-1-3-20(26)6-17/h1-3,6-11,16H,4-5,12-15,24-26H2. The van der Waals surface area contributed by atoms with Crippen molar-refractivity contribution in [2.45, 2.75) is 18.4 Å². The maximum atomic E-state index is 6.06. The number of aliphatic imine (C=N–C) groups is 1. The summed E-state index contributed by atoms with van der Waals surface area (Å²) in [5.41, 5.74) is 22.7. The van der Waals surface area contributed by atoms with E-state index in [1.54, 1.807) is 23.1 Å². The summed E-state index contributed by atoms with van der Waals surface area (Å²) in [4.78, 5) is 11.8. The summed E-state index contributed by atoms with van der Waals surface area (Å²) in [5.74, 6) is 0.879. The number of nitrogens with two attached hydrogens (primary N) is 3. The first-order valence-corrected chi connectivity index (χ1v) is 10.7. The lowest BCUT2D eigenvalue weighted by molar-refractivity contribution is 0.0743. The second-order valence-corrected chi connectivity index (χ2v) is 8.70. The van der Waals surface area contributed by atoms with Crippen LogP contribution >= 0.6 is 0 Å². The van der Waals surface area contributed by atoms with Crippen molar-refractivity contribution in [1.82, 2.24) is 19.5 Å². The highest BCUT2D eigenvalue weighted by atomic mass is 15.3. The Kier molecular flexibility index (Phi) is 4.95. The fraction of sp³-hybridized carbons (Fsp3) is 0.348. The van der Waals surface area contributed by atoms with Gasteiger partial charge in [-0.3, -0.25) is 9.89 Å². The van der Waals surface area contributed by atoms with E-state index in [0.717, 1.165) is 47.0 Å². The number of rotatable bonds is 7. The monoisotopic (exact) mass is 416 g/mol. The molecule has 5 rings (SSSR count). The molecule has 0 radical (unpaired) electrons. The zero-order chi connectivity index (χ0) is 21.4. The SMILES string of the molecule is NC=C(C=NC1(CN)CN(CC2CC2)C1)c1cnn2c(-c3cccc(N)c3)cnc2c1. The van der Waals surface area contributed by atoms with Gasteiger partial charge in [0, 0.05) is 61.0 Å². The van der Waals surface area contributed by atoms with E-state index < -0.39 is 0 Å². The lowest BCUT2D eigenvalue weighted by Crippen LogP contribution is -2.64. The van der Waals surface area contributed by atoms with Crippen molar-refractivity contribution in [2.24, 2.45) is 22.4 Å². The Morgan fingerprint density at radius 3 is 2.77 bits per heavy atom. The molecule has 2 fully saturated rings. The molecule has 0 bridgehead atoms. The molecule has 3 aromatic rings. The Labute approximate surface area is 181 Å². The number of hydrogen-bond donors (Lipinski definition) is 3. The largest absolute Gasteiger partial charge is 0.404 e. The topological polar surface area (TPSA) is 124 Å². The van der Waals surface area contributed by atoms with Crippen molar-refractivity contribution < 1.29 is 0 Å². The molecule has 31 heavy (non-hydrogen) atoms. The first-order valence-electron chi connectivity index (χ1n) is 10.7. The fourth-order valence-corrected chi connectivity index (χ4v) is 4.19. The van der Waals surface area contributed by atoms with Crippen LogP contribution in [0.1, 0.15) is 18.4 Å². The van der Waals surface area contributed by atoms with Crippen LogP contribution in [-0.4, -0.2) is 57.4 Å². The molecule has 1 saturated heterocycles. The smallest absolute Gasteiger partial charge is 0.154 e. The molecular weight excluding hydrogens is 388 g/mol. The van der Waals surface area contributed by atoms with Crippen LogP contribution in [0.15, 0.2) is 53.9 Å². The highest BCUT2D eigenvalue weighted by Crippen LogP contribution is 2.34. The Morgan fingerprint density at radius 1 is 1.23 bits per heavy atom. The van der Waals surface area contributed by atoms with Crippen molar-refractivity contribution in [2.75, 3.05) is 31.9 Å². The quantitative estimate of drug-likeness (QED) is 0.398. The summed E-state index contributed by atoms with van der Waals surface area (Å²) in [6.07, 6.45) is 9.69. The Bertz CT molecular complexity index is 1150. The Morgan fingerprint density at radius 2 is 2.06 bits per heavy atom. The number of nitrogen functional groups attached to an aromatic ring is 1. The molecule has 8 heteroatoms.